The van der Waals surface area contributed by atoms with Crippen molar-refractivity contribution >= 4 is 33.9 Å². The average molecular weight is 491 g/mol. The molecule has 2 rings (SSSR count). The van der Waals surface area contributed by atoms with Gasteiger partial charge in [-0.25, -0.2) is 9.59 Å². The standard InChI is InChI=1S/C23H27BrN2O5/c1-15(2)20(26-23(29)31-14-16-9-5-4-6-10-16)21(27)25-19(22(28)30-3)13-17-11-7-8-12-18(17)24/h4-12,15,19-20H,13-14H2,1-3H3,(H,25,27)(H,26,29)/t19-,20-/m1/s1. The van der Waals surface area contributed by atoms with Gasteiger partial charge in [-0.15, -0.1) is 0 Å². The van der Waals surface area contributed by atoms with Crippen molar-refractivity contribution in [3.63, 3.8) is 0 Å². The van der Waals surface area contributed by atoms with Gasteiger partial charge in [-0.1, -0.05) is 78.3 Å². The van der Waals surface area contributed by atoms with Gasteiger partial charge in [0, 0.05) is 10.9 Å². The van der Waals surface area contributed by atoms with E-state index in [1.54, 1.807) is 13.8 Å². The summed E-state index contributed by atoms with van der Waals surface area (Å²) < 4.78 is 10.9. The van der Waals surface area contributed by atoms with E-state index in [1.165, 1.54) is 7.11 Å². The van der Waals surface area contributed by atoms with Crippen LogP contribution in [-0.4, -0.2) is 37.2 Å². The Bertz CT molecular complexity index is 889. The molecule has 2 amide bonds. The van der Waals surface area contributed by atoms with Crippen molar-refractivity contribution in [1.29, 1.82) is 0 Å². The van der Waals surface area contributed by atoms with E-state index in [2.05, 4.69) is 26.6 Å². The summed E-state index contributed by atoms with van der Waals surface area (Å²) in [5.41, 5.74) is 1.68. The lowest BCUT2D eigenvalue weighted by Gasteiger charge is -2.24. The second-order valence-corrected chi connectivity index (χ2v) is 8.16. The highest BCUT2D eigenvalue weighted by molar-refractivity contribution is 9.10. The molecule has 0 aliphatic carbocycles. The zero-order valence-corrected chi connectivity index (χ0v) is 19.3. The van der Waals surface area contributed by atoms with E-state index in [1.807, 2.05) is 54.6 Å². The quantitative estimate of drug-likeness (QED) is 0.523. The van der Waals surface area contributed by atoms with Crippen LogP contribution in [0.2, 0.25) is 0 Å². The molecule has 0 spiro atoms. The van der Waals surface area contributed by atoms with Crippen molar-refractivity contribution in [3.05, 3.63) is 70.2 Å². The van der Waals surface area contributed by atoms with Crippen LogP contribution in [-0.2, 0) is 32.1 Å². The summed E-state index contributed by atoms with van der Waals surface area (Å²) in [4.78, 5) is 37.4. The van der Waals surface area contributed by atoms with Crippen molar-refractivity contribution in [2.45, 2.75) is 39.0 Å². The molecule has 166 valence electrons. The van der Waals surface area contributed by atoms with Crippen LogP contribution in [0.5, 0.6) is 0 Å². The summed E-state index contributed by atoms with van der Waals surface area (Å²) in [6.07, 6.45) is -0.471. The summed E-state index contributed by atoms with van der Waals surface area (Å²) in [6.45, 7) is 3.68. The van der Waals surface area contributed by atoms with E-state index < -0.39 is 30.1 Å². The molecule has 0 saturated heterocycles. The third-order valence-corrected chi connectivity index (χ3v) is 5.39. The molecular weight excluding hydrogens is 464 g/mol. The summed E-state index contributed by atoms with van der Waals surface area (Å²) in [5, 5.41) is 5.29. The van der Waals surface area contributed by atoms with E-state index in [4.69, 9.17) is 9.47 Å². The summed E-state index contributed by atoms with van der Waals surface area (Å²) in [7, 11) is 1.26. The van der Waals surface area contributed by atoms with E-state index in [9.17, 15) is 14.4 Å². The molecule has 0 radical (unpaired) electrons. The normalized spacial score (nSPS) is 12.5. The predicted molar refractivity (Wildman–Crippen MR) is 120 cm³/mol. The molecule has 2 atom stereocenters. The first kappa shape index (κ1) is 24.4. The van der Waals surface area contributed by atoms with Crippen molar-refractivity contribution in [2.24, 2.45) is 5.92 Å². The van der Waals surface area contributed by atoms with Gasteiger partial charge in [-0.3, -0.25) is 4.79 Å². The first-order chi connectivity index (χ1) is 14.8. The predicted octanol–water partition coefficient (Wildman–Crippen LogP) is 3.60. The third kappa shape index (κ3) is 7.71. The lowest BCUT2D eigenvalue weighted by atomic mass is 10.0. The lowest BCUT2D eigenvalue weighted by Crippen LogP contribution is -2.54. The number of hydrogen-bond acceptors (Lipinski definition) is 5. The first-order valence-corrected chi connectivity index (χ1v) is 10.7. The number of alkyl carbamates (subject to hydrolysis) is 1. The van der Waals surface area contributed by atoms with Gasteiger partial charge in [0.1, 0.15) is 18.7 Å². The minimum Gasteiger partial charge on any atom is -0.467 e. The maximum atomic E-state index is 12.9. The molecule has 0 aliphatic rings. The van der Waals surface area contributed by atoms with Gasteiger partial charge in [0.2, 0.25) is 5.91 Å². The van der Waals surface area contributed by atoms with Crippen LogP contribution in [0.25, 0.3) is 0 Å². The SMILES string of the molecule is COC(=O)[C@@H](Cc1ccccc1Br)NC(=O)[C@H](NC(=O)OCc1ccccc1)C(C)C. The molecule has 0 heterocycles. The largest absolute Gasteiger partial charge is 0.467 e. The Morgan fingerprint density at radius 3 is 2.23 bits per heavy atom. The van der Waals surface area contributed by atoms with Gasteiger partial charge >= 0.3 is 12.1 Å². The van der Waals surface area contributed by atoms with Crippen LogP contribution in [0.1, 0.15) is 25.0 Å². The van der Waals surface area contributed by atoms with Crippen LogP contribution in [0.3, 0.4) is 0 Å². The number of benzene rings is 2. The molecule has 2 N–H and O–H groups in total. The zero-order valence-electron chi connectivity index (χ0n) is 17.8. The number of carbonyl (C=O) groups excluding carboxylic acids is 3. The Kier molecular flexibility index (Phi) is 9.52. The number of esters is 1. The Morgan fingerprint density at radius 1 is 0.968 bits per heavy atom. The molecule has 31 heavy (non-hydrogen) atoms. The highest BCUT2D eigenvalue weighted by Crippen LogP contribution is 2.18. The number of ether oxygens (including phenoxy) is 2. The molecular formula is C23H27BrN2O5. The maximum absolute atomic E-state index is 12.9. The van der Waals surface area contributed by atoms with E-state index in [0.717, 1.165) is 15.6 Å². The fourth-order valence-electron chi connectivity index (χ4n) is 2.91. The van der Waals surface area contributed by atoms with E-state index in [0.29, 0.717) is 0 Å². The monoisotopic (exact) mass is 490 g/mol. The first-order valence-electron chi connectivity index (χ1n) is 9.90. The average Bonchev–Trinajstić information content (AvgIpc) is 2.76. The zero-order chi connectivity index (χ0) is 22.8. The minimum atomic E-state index is -0.903. The van der Waals surface area contributed by atoms with Crippen molar-refractivity contribution < 1.29 is 23.9 Å². The van der Waals surface area contributed by atoms with Crippen molar-refractivity contribution in [1.82, 2.24) is 10.6 Å². The second-order valence-electron chi connectivity index (χ2n) is 7.31. The number of nitrogens with one attached hydrogen (secondary N) is 2. The Morgan fingerprint density at radius 2 is 1.61 bits per heavy atom. The van der Waals surface area contributed by atoms with Crippen LogP contribution in [0, 0.1) is 5.92 Å². The minimum absolute atomic E-state index is 0.0892. The number of rotatable bonds is 9. The Balaban J connectivity index is 2.03. The van der Waals surface area contributed by atoms with Gasteiger partial charge in [0.05, 0.1) is 7.11 Å². The fourth-order valence-corrected chi connectivity index (χ4v) is 3.35. The molecule has 0 bridgehead atoms. The van der Waals surface area contributed by atoms with Gasteiger partial charge < -0.3 is 20.1 Å². The fraction of sp³-hybridized carbons (Fsp3) is 0.348. The number of hydrogen-bond donors (Lipinski definition) is 2. The van der Waals surface area contributed by atoms with Crippen molar-refractivity contribution in [3.8, 4) is 0 Å². The topological polar surface area (TPSA) is 93.7 Å². The Hall–Kier alpha value is -2.87. The molecule has 2 aromatic rings. The van der Waals surface area contributed by atoms with Gasteiger partial charge in [-0.2, -0.15) is 0 Å². The molecule has 0 saturated carbocycles. The Labute approximate surface area is 190 Å². The summed E-state index contributed by atoms with van der Waals surface area (Å²) in [5.74, 6) is -1.29. The van der Waals surface area contributed by atoms with Crippen LogP contribution in [0.15, 0.2) is 59.1 Å². The maximum Gasteiger partial charge on any atom is 0.408 e. The molecule has 2 aromatic carbocycles. The molecule has 0 aromatic heterocycles. The molecule has 0 fully saturated rings. The van der Waals surface area contributed by atoms with Gasteiger partial charge in [0.25, 0.3) is 0 Å². The summed E-state index contributed by atoms with van der Waals surface area (Å²) >= 11 is 3.45. The number of halogens is 1. The highest BCUT2D eigenvalue weighted by Gasteiger charge is 2.30. The molecule has 8 heteroatoms. The van der Waals surface area contributed by atoms with Crippen LogP contribution in [0.4, 0.5) is 4.79 Å². The second kappa shape index (κ2) is 12.1. The molecule has 0 aliphatic heterocycles. The van der Waals surface area contributed by atoms with Gasteiger partial charge in [-0.05, 0) is 23.1 Å². The van der Waals surface area contributed by atoms with Gasteiger partial charge in [0.15, 0.2) is 0 Å². The summed E-state index contributed by atoms with van der Waals surface area (Å²) in [6, 6.07) is 14.9. The van der Waals surface area contributed by atoms with Crippen LogP contribution < -0.4 is 10.6 Å². The molecule has 7 nitrogen and oxygen atoms in total. The van der Waals surface area contributed by atoms with Crippen molar-refractivity contribution in [2.75, 3.05) is 7.11 Å². The molecule has 0 unspecified atom stereocenters. The van der Waals surface area contributed by atoms with E-state index >= 15 is 0 Å². The number of amides is 2. The highest BCUT2D eigenvalue weighted by atomic mass is 79.9. The number of methoxy groups -OCH3 is 1. The third-order valence-electron chi connectivity index (χ3n) is 4.62. The smallest absolute Gasteiger partial charge is 0.408 e. The van der Waals surface area contributed by atoms with Crippen LogP contribution >= 0.6 is 15.9 Å². The van der Waals surface area contributed by atoms with E-state index in [-0.39, 0.29) is 18.9 Å². The number of carbonyl (C=O) groups is 3. The lowest BCUT2D eigenvalue weighted by molar-refractivity contribution is -0.145.